The second-order valence-electron chi connectivity index (χ2n) is 9.77. The Morgan fingerprint density at radius 3 is 2.63 bits per heavy atom. The first-order chi connectivity index (χ1) is 14.5. The summed E-state index contributed by atoms with van der Waals surface area (Å²) >= 11 is 0. The average Bonchev–Trinajstić information content (AvgIpc) is 3.05. The van der Waals surface area contributed by atoms with Crippen molar-refractivity contribution in [2.24, 2.45) is 5.92 Å². The number of likely N-dealkylation sites (tertiary alicyclic amines) is 2. The van der Waals surface area contributed by atoms with Crippen LogP contribution < -0.4 is 5.32 Å². The molecule has 5 nitrogen and oxygen atoms in total. The summed E-state index contributed by atoms with van der Waals surface area (Å²) in [6, 6.07) is 9.43. The highest BCUT2D eigenvalue weighted by molar-refractivity contribution is 5.86. The van der Waals surface area contributed by atoms with Gasteiger partial charge in [0.1, 0.15) is 6.54 Å². The molecule has 2 aliphatic rings. The van der Waals surface area contributed by atoms with Crippen molar-refractivity contribution in [3.05, 3.63) is 36.0 Å². The summed E-state index contributed by atoms with van der Waals surface area (Å²) < 4.78 is 2.12. The Bertz CT molecular complexity index is 850. The third kappa shape index (κ3) is 5.06. The third-order valence-electron chi connectivity index (χ3n) is 6.79. The number of hydrogen-bond acceptors (Lipinski definition) is 3. The van der Waals surface area contributed by atoms with Crippen LogP contribution in [0.15, 0.2) is 30.5 Å². The van der Waals surface area contributed by atoms with Gasteiger partial charge in [-0.2, -0.15) is 0 Å². The summed E-state index contributed by atoms with van der Waals surface area (Å²) in [5.74, 6) is 0.935. The van der Waals surface area contributed by atoms with E-state index in [1.165, 1.54) is 62.8 Å². The fourth-order valence-corrected chi connectivity index (χ4v) is 5.34. The fourth-order valence-electron chi connectivity index (χ4n) is 5.34. The summed E-state index contributed by atoms with van der Waals surface area (Å²) in [5.41, 5.74) is 2.50. The summed E-state index contributed by atoms with van der Waals surface area (Å²) in [4.78, 5) is 17.7. The summed E-state index contributed by atoms with van der Waals surface area (Å²) in [6.45, 7) is 12.7. The van der Waals surface area contributed by atoms with Gasteiger partial charge in [-0.25, -0.2) is 0 Å². The summed E-state index contributed by atoms with van der Waals surface area (Å²) in [6.07, 6.45) is 7.52. The van der Waals surface area contributed by atoms with Crippen molar-refractivity contribution in [2.45, 2.75) is 71.6 Å². The number of aromatic nitrogens is 1. The summed E-state index contributed by atoms with van der Waals surface area (Å²) in [5, 5.41) is 4.29. The van der Waals surface area contributed by atoms with E-state index in [9.17, 15) is 4.79 Å². The quantitative estimate of drug-likeness (QED) is 0.786. The van der Waals surface area contributed by atoms with E-state index in [-0.39, 0.29) is 11.9 Å². The molecule has 2 aromatic rings. The lowest BCUT2D eigenvalue weighted by atomic mass is 9.95. The number of nitrogens with zero attached hydrogens (tertiary/aromatic N) is 3. The number of carbonyl (C=O) groups excluding carboxylic acids is 1. The van der Waals surface area contributed by atoms with Crippen LogP contribution in [0.4, 0.5) is 0 Å². The lowest BCUT2D eigenvalue weighted by Crippen LogP contribution is -2.47. The van der Waals surface area contributed by atoms with Crippen molar-refractivity contribution in [3.63, 3.8) is 0 Å². The number of benzene rings is 1. The maximum Gasteiger partial charge on any atom is 0.240 e. The number of nitrogens with one attached hydrogen (secondary N) is 1. The standard InChI is InChI=1S/C25H38N4O/c1-19(2)26-25(30)18-29-17-21(23-8-4-5-9-24(23)29)16-27-13-10-22(11-14-27)28-12-6-7-20(3)15-28/h4-5,8-9,17,19-20,22H,6-7,10-16,18H2,1-3H3,(H,26,30)/t20-/m0/s1. The maximum atomic E-state index is 12.3. The fraction of sp³-hybridized carbons (Fsp3) is 0.640. The largest absolute Gasteiger partial charge is 0.352 e. The minimum atomic E-state index is 0.0777. The van der Waals surface area contributed by atoms with Gasteiger partial charge in [0, 0.05) is 42.3 Å². The Labute approximate surface area is 181 Å². The van der Waals surface area contributed by atoms with Crippen molar-refractivity contribution in [3.8, 4) is 0 Å². The predicted octanol–water partition coefficient (Wildman–Crippen LogP) is 3.86. The van der Waals surface area contributed by atoms with Gasteiger partial charge < -0.3 is 14.8 Å². The molecule has 0 spiro atoms. The van der Waals surface area contributed by atoms with Gasteiger partial charge in [0.15, 0.2) is 0 Å². The van der Waals surface area contributed by atoms with Gasteiger partial charge in [0.2, 0.25) is 5.91 Å². The highest BCUT2D eigenvalue weighted by atomic mass is 16.2. The van der Waals surface area contributed by atoms with Crippen LogP contribution in [0.2, 0.25) is 0 Å². The second-order valence-corrected chi connectivity index (χ2v) is 9.77. The Balaban J connectivity index is 1.40. The molecule has 30 heavy (non-hydrogen) atoms. The molecule has 0 saturated carbocycles. The normalized spacial score (nSPS) is 22.1. The van der Waals surface area contributed by atoms with Crippen molar-refractivity contribution in [1.82, 2.24) is 19.7 Å². The van der Waals surface area contributed by atoms with E-state index in [4.69, 9.17) is 0 Å². The molecule has 2 aliphatic heterocycles. The van der Waals surface area contributed by atoms with E-state index in [0.29, 0.717) is 6.54 Å². The molecule has 1 N–H and O–H groups in total. The number of carbonyl (C=O) groups is 1. The van der Waals surface area contributed by atoms with Crippen molar-refractivity contribution in [2.75, 3.05) is 26.2 Å². The second kappa shape index (κ2) is 9.52. The average molecular weight is 411 g/mol. The number of fused-ring (bicyclic) bond motifs is 1. The van der Waals surface area contributed by atoms with Crippen LogP contribution in [0, 0.1) is 5.92 Å². The van der Waals surface area contributed by atoms with Crippen LogP contribution in [0.25, 0.3) is 10.9 Å². The Morgan fingerprint density at radius 2 is 1.90 bits per heavy atom. The molecule has 1 aromatic heterocycles. The van der Waals surface area contributed by atoms with Crippen LogP contribution in [-0.2, 0) is 17.9 Å². The van der Waals surface area contributed by atoms with Gasteiger partial charge in [0.25, 0.3) is 0 Å². The molecule has 3 heterocycles. The van der Waals surface area contributed by atoms with E-state index < -0.39 is 0 Å². The molecular formula is C25H38N4O. The first kappa shape index (κ1) is 21.4. The van der Waals surface area contributed by atoms with E-state index in [1.807, 2.05) is 13.8 Å². The molecule has 0 bridgehead atoms. The van der Waals surface area contributed by atoms with Crippen molar-refractivity contribution < 1.29 is 4.79 Å². The molecule has 5 heteroatoms. The monoisotopic (exact) mass is 410 g/mol. The van der Waals surface area contributed by atoms with Crippen LogP contribution in [0.1, 0.15) is 52.0 Å². The first-order valence-corrected chi connectivity index (χ1v) is 11.8. The number of amides is 1. The number of piperidine rings is 2. The molecule has 2 saturated heterocycles. The molecule has 1 amide bonds. The summed E-state index contributed by atoms with van der Waals surface area (Å²) in [7, 11) is 0. The zero-order valence-electron chi connectivity index (χ0n) is 18.9. The highest BCUT2D eigenvalue weighted by Gasteiger charge is 2.27. The van der Waals surface area contributed by atoms with Gasteiger partial charge in [-0.05, 0) is 76.7 Å². The van der Waals surface area contributed by atoms with Gasteiger partial charge in [-0.3, -0.25) is 9.69 Å². The van der Waals surface area contributed by atoms with E-state index in [1.54, 1.807) is 0 Å². The van der Waals surface area contributed by atoms with Gasteiger partial charge in [-0.15, -0.1) is 0 Å². The SMILES string of the molecule is CC(C)NC(=O)Cn1cc(CN2CCC(N3CCC[C@H](C)C3)CC2)c2ccccc21. The van der Waals surface area contributed by atoms with E-state index >= 15 is 0 Å². The van der Waals surface area contributed by atoms with Crippen LogP contribution in [0.3, 0.4) is 0 Å². The van der Waals surface area contributed by atoms with E-state index in [0.717, 1.165) is 24.0 Å². The topological polar surface area (TPSA) is 40.5 Å². The molecule has 1 atom stereocenters. The van der Waals surface area contributed by atoms with Gasteiger partial charge in [-0.1, -0.05) is 25.1 Å². The van der Waals surface area contributed by atoms with Gasteiger partial charge >= 0.3 is 0 Å². The Hall–Kier alpha value is -1.85. The molecule has 0 unspecified atom stereocenters. The van der Waals surface area contributed by atoms with Crippen LogP contribution >= 0.6 is 0 Å². The molecule has 0 aliphatic carbocycles. The Morgan fingerprint density at radius 1 is 1.13 bits per heavy atom. The minimum Gasteiger partial charge on any atom is -0.352 e. The number of para-hydroxylation sites is 1. The lowest BCUT2D eigenvalue weighted by molar-refractivity contribution is -0.122. The van der Waals surface area contributed by atoms with Gasteiger partial charge in [0.05, 0.1) is 0 Å². The zero-order valence-corrected chi connectivity index (χ0v) is 18.9. The molecular weight excluding hydrogens is 372 g/mol. The first-order valence-electron chi connectivity index (χ1n) is 11.8. The highest BCUT2D eigenvalue weighted by Crippen LogP contribution is 2.27. The van der Waals surface area contributed by atoms with Crippen molar-refractivity contribution >= 4 is 16.8 Å². The molecule has 164 valence electrons. The lowest BCUT2D eigenvalue weighted by Gasteiger charge is -2.41. The minimum absolute atomic E-state index is 0.0777. The number of rotatable bonds is 6. The molecule has 2 fully saturated rings. The van der Waals surface area contributed by atoms with Crippen LogP contribution in [0.5, 0.6) is 0 Å². The van der Waals surface area contributed by atoms with Crippen molar-refractivity contribution in [1.29, 1.82) is 0 Å². The van der Waals surface area contributed by atoms with E-state index in [2.05, 4.69) is 57.1 Å². The molecule has 1 aromatic carbocycles. The Kier molecular flexibility index (Phi) is 6.79. The molecule has 4 rings (SSSR count). The maximum absolute atomic E-state index is 12.3. The third-order valence-corrected chi connectivity index (χ3v) is 6.79. The number of hydrogen-bond donors (Lipinski definition) is 1. The smallest absolute Gasteiger partial charge is 0.240 e. The zero-order chi connectivity index (χ0) is 21.1. The van der Waals surface area contributed by atoms with Crippen LogP contribution in [-0.4, -0.2) is 58.5 Å². The molecule has 0 radical (unpaired) electrons. The predicted molar refractivity (Wildman–Crippen MR) is 123 cm³/mol.